The van der Waals surface area contributed by atoms with E-state index in [-0.39, 0.29) is 0 Å². The summed E-state index contributed by atoms with van der Waals surface area (Å²) in [4.78, 5) is 15.4. The smallest absolute Gasteiger partial charge is 0.322 e. The van der Waals surface area contributed by atoms with E-state index in [2.05, 4.69) is 39.1 Å². The zero-order chi connectivity index (χ0) is 15.1. The van der Waals surface area contributed by atoms with Gasteiger partial charge in [0.25, 0.3) is 0 Å². The van der Waals surface area contributed by atoms with Gasteiger partial charge in [-0.05, 0) is 19.3 Å². The Morgan fingerprint density at radius 3 is 2.48 bits per heavy atom. The van der Waals surface area contributed by atoms with Crippen LogP contribution < -0.4 is 15.0 Å². The summed E-state index contributed by atoms with van der Waals surface area (Å²) in [6.07, 6.45) is 8.71. The Morgan fingerprint density at radius 1 is 1.14 bits per heavy atom. The standard InChI is InChI=1S/C15H27N5O/c1-4-11-16-13-17-14(19-15(18-13)21-3)20(2)12-9-7-5-6-8-10-12/h12H,4-11H2,1-3H3,(H,16,17,18,19). The molecule has 1 heterocycles. The van der Waals surface area contributed by atoms with Crippen molar-refractivity contribution in [2.24, 2.45) is 0 Å². The van der Waals surface area contributed by atoms with Crippen LogP contribution in [0, 0.1) is 0 Å². The Kier molecular flexibility index (Phi) is 6.02. The van der Waals surface area contributed by atoms with Gasteiger partial charge < -0.3 is 15.0 Å². The van der Waals surface area contributed by atoms with Crippen molar-refractivity contribution in [3.05, 3.63) is 0 Å². The van der Waals surface area contributed by atoms with Gasteiger partial charge in [-0.1, -0.05) is 32.6 Å². The fourth-order valence-electron chi connectivity index (χ4n) is 2.72. The highest BCUT2D eigenvalue weighted by atomic mass is 16.5. The van der Waals surface area contributed by atoms with Crippen molar-refractivity contribution in [3.8, 4) is 6.01 Å². The second kappa shape index (κ2) is 8.00. The van der Waals surface area contributed by atoms with E-state index >= 15 is 0 Å². The van der Waals surface area contributed by atoms with Crippen LogP contribution in [0.25, 0.3) is 0 Å². The molecule has 0 unspecified atom stereocenters. The monoisotopic (exact) mass is 293 g/mol. The molecule has 0 aromatic carbocycles. The summed E-state index contributed by atoms with van der Waals surface area (Å²) in [5, 5.41) is 3.21. The quantitative estimate of drug-likeness (QED) is 0.814. The maximum atomic E-state index is 5.21. The van der Waals surface area contributed by atoms with Crippen LogP contribution in [0.1, 0.15) is 51.9 Å². The van der Waals surface area contributed by atoms with Gasteiger partial charge in [0.05, 0.1) is 7.11 Å². The summed E-state index contributed by atoms with van der Waals surface area (Å²) >= 11 is 0. The Morgan fingerprint density at radius 2 is 1.86 bits per heavy atom. The molecule has 118 valence electrons. The molecule has 0 bridgehead atoms. The lowest BCUT2D eigenvalue weighted by Crippen LogP contribution is -2.33. The van der Waals surface area contributed by atoms with Crippen LogP contribution in [0.3, 0.4) is 0 Å². The molecule has 0 atom stereocenters. The van der Waals surface area contributed by atoms with Gasteiger partial charge in [0, 0.05) is 19.6 Å². The lowest BCUT2D eigenvalue weighted by Gasteiger charge is -2.27. The number of nitrogens with one attached hydrogen (secondary N) is 1. The fraction of sp³-hybridized carbons (Fsp3) is 0.800. The summed E-state index contributed by atoms with van der Waals surface area (Å²) in [7, 11) is 3.67. The number of hydrogen-bond donors (Lipinski definition) is 1. The highest BCUT2D eigenvalue weighted by Crippen LogP contribution is 2.24. The van der Waals surface area contributed by atoms with Crippen LogP contribution in [0.5, 0.6) is 6.01 Å². The number of hydrogen-bond acceptors (Lipinski definition) is 6. The minimum atomic E-state index is 0.374. The van der Waals surface area contributed by atoms with Gasteiger partial charge in [-0.25, -0.2) is 0 Å². The van der Waals surface area contributed by atoms with Crippen molar-refractivity contribution in [2.45, 2.75) is 57.9 Å². The largest absolute Gasteiger partial charge is 0.467 e. The molecule has 1 fully saturated rings. The van der Waals surface area contributed by atoms with Crippen LogP contribution in [-0.2, 0) is 0 Å². The number of nitrogens with zero attached hydrogens (tertiary/aromatic N) is 4. The van der Waals surface area contributed by atoms with Crippen molar-refractivity contribution < 1.29 is 4.74 Å². The first-order valence-corrected chi connectivity index (χ1v) is 8.01. The van der Waals surface area contributed by atoms with Gasteiger partial charge in [0.2, 0.25) is 11.9 Å². The Labute approximate surface area is 127 Å². The molecule has 0 aliphatic heterocycles. The first-order chi connectivity index (χ1) is 10.2. The van der Waals surface area contributed by atoms with Gasteiger partial charge in [-0.3, -0.25) is 0 Å². The molecule has 2 rings (SSSR count). The van der Waals surface area contributed by atoms with Crippen LogP contribution in [-0.4, -0.2) is 41.7 Å². The zero-order valence-electron chi connectivity index (χ0n) is 13.4. The van der Waals surface area contributed by atoms with Gasteiger partial charge >= 0.3 is 6.01 Å². The van der Waals surface area contributed by atoms with Gasteiger partial charge in [-0.15, -0.1) is 0 Å². The number of ether oxygens (including phenoxy) is 1. The van der Waals surface area contributed by atoms with Crippen LogP contribution in [0.2, 0.25) is 0 Å². The predicted octanol–water partition coefficient (Wildman–Crippen LogP) is 2.86. The van der Waals surface area contributed by atoms with E-state index < -0.39 is 0 Å². The van der Waals surface area contributed by atoms with Crippen molar-refractivity contribution in [3.63, 3.8) is 0 Å². The second-order valence-electron chi connectivity index (χ2n) is 5.63. The minimum Gasteiger partial charge on any atom is -0.467 e. The molecular weight excluding hydrogens is 266 g/mol. The normalized spacial score (nSPS) is 16.3. The lowest BCUT2D eigenvalue weighted by molar-refractivity contribution is 0.378. The van der Waals surface area contributed by atoms with Gasteiger partial charge in [0.15, 0.2) is 0 Å². The SMILES string of the molecule is CCCNc1nc(OC)nc(N(C)C2CCCCCC2)n1. The predicted molar refractivity (Wildman–Crippen MR) is 85.1 cm³/mol. The average molecular weight is 293 g/mol. The molecule has 1 aliphatic rings. The summed E-state index contributed by atoms with van der Waals surface area (Å²) in [6, 6.07) is 0.887. The molecule has 0 spiro atoms. The van der Waals surface area contributed by atoms with Crippen molar-refractivity contribution in [1.82, 2.24) is 15.0 Å². The molecule has 1 saturated carbocycles. The van der Waals surface area contributed by atoms with E-state index in [1.807, 2.05) is 0 Å². The Bertz CT molecular complexity index is 432. The molecular formula is C15H27N5O. The van der Waals surface area contributed by atoms with Crippen LogP contribution in [0.15, 0.2) is 0 Å². The van der Waals surface area contributed by atoms with Gasteiger partial charge in [-0.2, -0.15) is 15.0 Å². The number of anilines is 2. The molecule has 6 heteroatoms. The van der Waals surface area contributed by atoms with E-state index in [1.165, 1.54) is 38.5 Å². The number of aromatic nitrogens is 3. The third kappa shape index (κ3) is 4.44. The molecule has 6 nitrogen and oxygen atoms in total. The number of rotatable bonds is 6. The third-order valence-electron chi connectivity index (χ3n) is 4.01. The Hall–Kier alpha value is -1.59. The maximum absolute atomic E-state index is 5.21. The molecule has 0 radical (unpaired) electrons. The summed E-state index contributed by atoms with van der Waals surface area (Å²) in [5.41, 5.74) is 0. The summed E-state index contributed by atoms with van der Waals surface area (Å²) in [6.45, 7) is 2.96. The zero-order valence-corrected chi connectivity index (χ0v) is 13.4. The van der Waals surface area contributed by atoms with Crippen LogP contribution in [0.4, 0.5) is 11.9 Å². The van der Waals surface area contributed by atoms with E-state index in [0.29, 0.717) is 23.9 Å². The molecule has 1 N–H and O–H groups in total. The highest BCUT2D eigenvalue weighted by Gasteiger charge is 2.20. The molecule has 0 saturated heterocycles. The molecule has 1 aromatic heterocycles. The van der Waals surface area contributed by atoms with Crippen molar-refractivity contribution >= 4 is 11.9 Å². The molecule has 1 aliphatic carbocycles. The van der Waals surface area contributed by atoms with Crippen molar-refractivity contribution in [2.75, 3.05) is 30.9 Å². The number of methoxy groups -OCH3 is 1. The van der Waals surface area contributed by atoms with Gasteiger partial charge in [0.1, 0.15) is 0 Å². The summed E-state index contributed by atoms with van der Waals surface area (Å²) < 4.78 is 5.21. The minimum absolute atomic E-state index is 0.374. The van der Waals surface area contributed by atoms with E-state index in [9.17, 15) is 0 Å². The molecule has 21 heavy (non-hydrogen) atoms. The first kappa shape index (κ1) is 15.8. The average Bonchev–Trinajstić information content (AvgIpc) is 2.81. The lowest BCUT2D eigenvalue weighted by atomic mass is 10.1. The highest BCUT2D eigenvalue weighted by molar-refractivity contribution is 5.38. The first-order valence-electron chi connectivity index (χ1n) is 8.01. The third-order valence-corrected chi connectivity index (χ3v) is 4.01. The topological polar surface area (TPSA) is 63.2 Å². The Balaban J connectivity index is 2.15. The van der Waals surface area contributed by atoms with Crippen LogP contribution >= 0.6 is 0 Å². The molecule has 0 amide bonds. The fourth-order valence-corrected chi connectivity index (χ4v) is 2.72. The van der Waals surface area contributed by atoms with E-state index in [1.54, 1.807) is 7.11 Å². The van der Waals surface area contributed by atoms with Crippen molar-refractivity contribution in [1.29, 1.82) is 0 Å². The van der Waals surface area contributed by atoms with E-state index in [0.717, 1.165) is 13.0 Å². The van der Waals surface area contributed by atoms with E-state index in [4.69, 9.17) is 4.74 Å². The second-order valence-corrected chi connectivity index (χ2v) is 5.63. The maximum Gasteiger partial charge on any atom is 0.322 e. The summed E-state index contributed by atoms with van der Waals surface area (Å²) in [5.74, 6) is 1.30. The molecule has 1 aromatic rings.